The minimum Gasteiger partial charge on any atom is -0.468 e. The minimum atomic E-state index is -0.120. The summed E-state index contributed by atoms with van der Waals surface area (Å²) in [4.78, 5) is 14.6. The van der Waals surface area contributed by atoms with Crippen LogP contribution in [-0.4, -0.2) is 17.4 Å². The van der Waals surface area contributed by atoms with Crippen LogP contribution in [0.15, 0.2) is 94.2 Å². The molecule has 0 radical (unpaired) electrons. The smallest absolute Gasteiger partial charge is 0.238 e. The molecule has 0 saturated heterocycles. The number of amides is 1. The number of carbonyl (C=O) groups excluding carboxylic acids is 1. The number of aryl methyl sites for hydroxylation is 1. The van der Waals surface area contributed by atoms with Crippen LogP contribution in [0.2, 0.25) is 0 Å². The molecular formula is C25H24N2O4. The Bertz CT molecular complexity index is 1030. The molecule has 2 aromatic heterocycles. The van der Waals surface area contributed by atoms with Crippen LogP contribution in [0.1, 0.15) is 17.1 Å². The predicted octanol–water partition coefficient (Wildman–Crippen LogP) is 5.61. The van der Waals surface area contributed by atoms with Crippen molar-refractivity contribution in [1.29, 1.82) is 0 Å². The van der Waals surface area contributed by atoms with E-state index in [1.165, 1.54) is 5.56 Å². The van der Waals surface area contributed by atoms with E-state index in [-0.39, 0.29) is 12.5 Å². The summed E-state index contributed by atoms with van der Waals surface area (Å²) in [7, 11) is 0. The Morgan fingerprint density at radius 1 is 0.839 bits per heavy atom. The van der Waals surface area contributed by atoms with Crippen LogP contribution in [0.5, 0.6) is 11.5 Å². The fourth-order valence-electron chi connectivity index (χ4n) is 3.17. The van der Waals surface area contributed by atoms with E-state index in [9.17, 15) is 4.79 Å². The van der Waals surface area contributed by atoms with Crippen molar-refractivity contribution < 1.29 is 18.4 Å². The molecule has 1 amide bonds. The van der Waals surface area contributed by atoms with Crippen molar-refractivity contribution in [3.05, 3.63) is 102 Å². The largest absolute Gasteiger partial charge is 0.468 e. The molecule has 0 saturated carbocycles. The van der Waals surface area contributed by atoms with Crippen molar-refractivity contribution >= 4 is 11.6 Å². The van der Waals surface area contributed by atoms with Gasteiger partial charge in [0.2, 0.25) is 5.91 Å². The van der Waals surface area contributed by atoms with Gasteiger partial charge in [-0.2, -0.15) is 0 Å². The first-order valence-electron chi connectivity index (χ1n) is 10.1. The second-order valence-corrected chi connectivity index (χ2v) is 7.29. The summed E-state index contributed by atoms with van der Waals surface area (Å²) < 4.78 is 16.7. The van der Waals surface area contributed by atoms with Gasteiger partial charge in [-0.3, -0.25) is 9.69 Å². The van der Waals surface area contributed by atoms with Gasteiger partial charge in [0.05, 0.1) is 32.2 Å². The van der Waals surface area contributed by atoms with E-state index in [0.29, 0.717) is 24.5 Å². The van der Waals surface area contributed by atoms with E-state index in [4.69, 9.17) is 13.6 Å². The molecule has 0 spiro atoms. The van der Waals surface area contributed by atoms with Crippen molar-refractivity contribution in [2.75, 3.05) is 11.9 Å². The molecule has 0 unspecified atom stereocenters. The topological polar surface area (TPSA) is 67.8 Å². The van der Waals surface area contributed by atoms with Crippen LogP contribution in [0.4, 0.5) is 5.69 Å². The maximum Gasteiger partial charge on any atom is 0.238 e. The number of anilines is 1. The van der Waals surface area contributed by atoms with E-state index < -0.39 is 0 Å². The molecule has 4 aromatic rings. The van der Waals surface area contributed by atoms with Gasteiger partial charge in [0.15, 0.2) is 0 Å². The molecule has 0 aliphatic rings. The Hall–Kier alpha value is -3.77. The summed E-state index contributed by atoms with van der Waals surface area (Å²) in [6.07, 6.45) is 3.25. The highest BCUT2D eigenvalue weighted by Gasteiger charge is 2.15. The van der Waals surface area contributed by atoms with Crippen LogP contribution >= 0.6 is 0 Å². The van der Waals surface area contributed by atoms with Crippen molar-refractivity contribution in [2.45, 2.75) is 20.0 Å². The van der Waals surface area contributed by atoms with Crippen LogP contribution in [0.3, 0.4) is 0 Å². The zero-order chi connectivity index (χ0) is 21.5. The molecule has 0 aliphatic heterocycles. The van der Waals surface area contributed by atoms with Crippen LogP contribution < -0.4 is 10.1 Å². The van der Waals surface area contributed by atoms with Gasteiger partial charge in [0.25, 0.3) is 0 Å². The minimum absolute atomic E-state index is 0.120. The molecule has 0 aliphatic carbocycles. The van der Waals surface area contributed by atoms with Crippen LogP contribution in [-0.2, 0) is 17.9 Å². The van der Waals surface area contributed by atoms with Gasteiger partial charge in [0.1, 0.15) is 23.0 Å². The molecule has 6 heteroatoms. The first kappa shape index (κ1) is 20.5. The van der Waals surface area contributed by atoms with Crippen molar-refractivity contribution in [1.82, 2.24) is 4.90 Å². The Kier molecular flexibility index (Phi) is 6.50. The number of hydrogen-bond donors (Lipinski definition) is 1. The molecule has 0 fully saturated rings. The Balaban J connectivity index is 1.34. The second kappa shape index (κ2) is 9.82. The zero-order valence-electron chi connectivity index (χ0n) is 17.3. The van der Waals surface area contributed by atoms with E-state index in [2.05, 4.69) is 5.32 Å². The summed E-state index contributed by atoms with van der Waals surface area (Å²) in [6.45, 7) is 3.24. The maximum atomic E-state index is 12.6. The summed E-state index contributed by atoms with van der Waals surface area (Å²) >= 11 is 0. The standard InChI is InChI=1S/C25H24N2O4/c1-19-6-10-21(11-7-19)31-22-12-8-20(9-13-22)26-25(28)18-27(16-23-4-2-14-29-23)17-24-5-3-15-30-24/h2-15H,16-18H2,1H3,(H,26,28). The number of nitrogens with one attached hydrogen (secondary N) is 1. The first-order chi connectivity index (χ1) is 15.1. The highest BCUT2D eigenvalue weighted by atomic mass is 16.5. The van der Waals surface area contributed by atoms with Crippen LogP contribution in [0.25, 0.3) is 0 Å². The lowest BCUT2D eigenvalue weighted by atomic mass is 10.2. The summed E-state index contributed by atoms with van der Waals surface area (Å²) in [6, 6.07) is 22.6. The highest BCUT2D eigenvalue weighted by Crippen LogP contribution is 2.23. The van der Waals surface area contributed by atoms with E-state index in [0.717, 1.165) is 17.3 Å². The van der Waals surface area contributed by atoms with E-state index in [1.807, 2.05) is 84.6 Å². The van der Waals surface area contributed by atoms with Crippen molar-refractivity contribution in [2.24, 2.45) is 0 Å². The predicted molar refractivity (Wildman–Crippen MR) is 118 cm³/mol. The number of rotatable bonds is 9. The third kappa shape index (κ3) is 6.10. The van der Waals surface area contributed by atoms with Gasteiger partial charge in [0, 0.05) is 5.69 Å². The zero-order valence-corrected chi connectivity index (χ0v) is 17.3. The monoisotopic (exact) mass is 416 g/mol. The number of nitrogens with zero attached hydrogens (tertiary/aromatic N) is 1. The third-order valence-electron chi connectivity index (χ3n) is 4.68. The van der Waals surface area contributed by atoms with Crippen molar-refractivity contribution in [3.8, 4) is 11.5 Å². The van der Waals surface area contributed by atoms with Gasteiger partial charge >= 0.3 is 0 Å². The van der Waals surface area contributed by atoms with E-state index >= 15 is 0 Å². The molecule has 0 atom stereocenters. The average Bonchev–Trinajstić information content (AvgIpc) is 3.45. The summed E-state index contributed by atoms with van der Waals surface area (Å²) in [5.41, 5.74) is 1.88. The van der Waals surface area contributed by atoms with Gasteiger partial charge in [-0.15, -0.1) is 0 Å². The Morgan fingerprint density at radius 3 is 1.90 bits per heavy atom. The second-order valence-electron chi connectivity index (χ2n) is 7.29. The Labute approximate surface area is 181 Å². The summed E-state index contributed by atoms with van der Waals surface area (Å²) in [5, 5.41) is 2.93. The van der Waals surface area contributed by atoms with Gasteiger partial charge < -0.3 is 18.9 Å². The Morgan fingerprint density at radius 2 is 1.39 bits per heavy atom. The quantitative estimate of drug-likeness (QED) is 0.384. The SMILES string of the molecule is Cc1ccc(Oc2ccc(NC(=O)CN(Cc3ccco3)Cc3ccco3)cc2)cc1. The highest BCUT2D eigenvalue weighted by molar-refractivity contribution is 5.92. The lowest BCUT2D eigenvalue weighted by Crippen LogP contribution is -2.32. The lowest BCUT2D eigenvalue weighted by molar-refractivity contribution is -0.117. The molecule has 31 heavy (non-hydrogen) atoms. The van der Waals surface area contributed by atoms with Gasteiger partial charge in [-0.25, -0.2) is 0 Å². The molecule has 6 nitrogen and oxygen atoms in total. The molecule has 1 N–H and O–H groups in total. The number of furan rings is 2. The molecule has 0 bridgehead atoms. The molecule has 2 aromatic carbocycles. The fraction of sp³-hybridized carbons (Fsp3) is 0.160. The molecule has 2 heterocycles. The van der Waals surface area contributed by atoms with Crippen molar-refractivity contribution in [3.63, 3.8) is 0 Å². The average molecular weight is 416 g/mol. The number of carbonyl (C=O) groups is 1. The molecule has 158 valence electrons. The van der Waals surface area contributed by atoms with Gasteiger partial charge in [-0.1, -0.05) is 17.7 Å². The number of hydrogen-bond acceptors (Lipinski definition) is 5. The van der Waals surface area contributed by atoms with E-state index in [1.54, 1.807) is 12.5 Å². The number of ether oxygens (including phenoxy) is 1. The lowest BCUT2D eigenvalue weighted by Gasteiger charge is -2.19. The molecular weight excluding hydrogens is 392 g/mol. The normalized spacial score (nSPS) is 10.9. The molecule has 4 rings (SSSR count). The fourth-order valence-corrected chi connectivity index (χ4v) is 3.17. The van der Waals surface area contributed by atoms with Gasteiger partial charge in [-0.05, 0) is 67.6 Å². The number of benzene rings is 2. The third-order valence-corrected chi connectivity index (χ3v) is 4.68. The van der Waals surface area contributed by atoms with Crippen LogP contribution in [0, 0.1) is 6.92 Å². The maximum absolute atomic E-state index is 12.6. The summed E-state index contributed by atoms with van der Waals surface area (Å²) in [5.74, 6) is 2.94. The first-order valence-corrected chi connectivity index (χ1v) is 10.1.